The number of nitrogens with zero attached hydrogens (tertiary/aromatic N) is 3. The van der Waals surface area contributed by atoms with Gasteiger partial charge in [-0.1, -0.05) is 127 Å². The smallest absolute Gasteiger partial charge is 0.0782 e. The van der Waals surface area contributed by atoms with Gasteiger partial charge in [0.25, 0.3) is 0 Å². The van der Waals surface area contributed by atoms with Crippen molar-refractivity contribution in [1.82, 2.24) is 13.7 Å². The number of fused-ring (bicyclic) bond motifs is 9. The largest absolute Gasteiger partial charge is 0.309 e. The molecule has 3 aromatic heterocycles. The summed E-state index contributed by atoms with van der Waals surface area (Å²) in [6, 6.07) is -16.6. The second-order valence-corrected chi connectivity index (χ2v) is 11.3. The lowest BCUT2D eigenvalue weighted by Crippen LogP contribution is -2.01. The maximum absolute atomic E-state index is 10.2. The number of benzene rings is 8. The molecule has 0 aliphatic rings. The van der Waals surface area contributed by atoms with Crippen LogP contribution >= 0.6 is 0 Å². The van der Waals surface area contributed by atoms with Gasteiger partial charge in [-0.05, 0) is 71.6 Å². The third-order valence-electron chi connectivity index (χ3n) is 8.71. The Morgan fingerprint density at radius 3 is 1.57 bits per heavy atom. The third-order valence-corrected chi connectivity index (χ3v) is 8.71. The number of rotatable bonds is 4. The van der Waals surface area contributed by atoms with E-state index in [4.69, 9.17) is 20.6 Å². The molecule has 238 valence electrons. The van der Waals surface area contributed by atoms with Crippen molar-refractivity contribution in [1.29, 1.82) is 0 Å². The fourth-order valence-corrected chi connectivity index (χ4v) is 6.65. The Balaban J connectivity index is 1.42. The number of para-hydroxylation sites is 5. The zero-order valence-electron chi connectivity index (χ0n) is 52.7. The van der Waals surface area contributed by atoms with Crippen molar-refractivity contribution in [2.75, 3.05) is 0 Å². The Morgan fingerprint density at radius 1 is 0.353 bits per heavy atom. The summed E-state index contributed by atoms with van der Waals surface area (Å²) in [4.78, 5) is 0. The Bertz CT molecular complexity index is 4600. The second kappa shape index (κ2) is 10.8. The van der Waals surface area contributed by atoms with E-state index in [1.807, 2.05) is 0 Å². The molecule has 0 saturated carbocycles. The van der Waals surface area contributed by atoms with Crippen molar-refractivity contribution in [2.24, 2.45) is 0 Å². The summed E-state index contributed by atoms with van der Waals surface area (Å²) in [5.74, 6) is 0. The van der Waals surface area contributed by atoms with Crippen LogP contribution in [0.25, 0.3) is 93.6 Å². The molecule has 3 heteroatoms. The van der Waals surface area contributed by atoms with Crippen molar-refractivity contribution >= 4 is 65.4 Å². The lowest BCUT2D eigenvalue weighted by molar-refractivity contribution is 1.13. The number of aromatic nitrogens is 3. The molecule has 0 radical (unpaired) electrons. The third kappa shape index (κ3) is 4.06. The molecule has 0 unspecified atom stereocenters. The van der Waals surface area contributed by atoms with Gasteiger partial charge < -0.3 is 13.7 Å². The fraction of sp³-hybridized carbons (Fsp3) is 0. The Morgan fingerprint density at radius 2 is 0.882 bits per heavy atom. The van der Waals surface area contributed by atoms with Gasteiger partial charge in [0.2, 0.25) is 0 Å². The molecule has 0 spiro atoms. The van der Waals surface area contributed by atoms with Crippen molar-refractivity contribution < 1.29 is 37.0 Å². The Kier molecular flexibility index (Phi) is 2.65. The van der Waals surface area contributed by atoms with Gasteiger partial charge in [0.1, 0.15) is 0 Å². The van der Waals surface area contributed by atoms with Crippen LogP contribution in [0, 0.1) is 0 Å². The highest BCUT2D eigenvalue weighted by atomic mass is 15.1. The van der Waals surface area contributed by atoms with Crippen LogP contribution in [0.4, 0.5) is 0 Å². The van der Waals surface area contributed by atoms with Crippen molar-refractivity contribution in [2.45, 2.75) is 0 Å². The van der Waals surface area contributed by atoms with Crippen LogP contribution in [0.3, 0.4) is 0 Å². The fourth-order valence-electron chi connectivity index (χ4n) is 6.65. The van der Waals surface area contributed by atoms with Gasteiger partial charge in [0.05, 0.1) is 75.8 Å². The maximum atomic E-state index is 10.2. The van der Waals surface area contributed by atoms with Gasteiger partial charge >= 0.3 is 0 Å². The first-order valence-electron chi connectivity index (χ1n) is 28.8. The first-order valence-corrected chi connectivity index (χ1v) is 15.3. The number of hydrogen-bond donors (Lipinski definition) is 0. The van der Waals surface area contributed by atoms with Gasteiger partial charge in [-0.15, -0.1) is 0 Å². The normalized spacial score (nSPS) is 19.3. The van der Waals surface area contributed by atoms with Gasteiger partial charge in [0, 0.05) is 43.7 Å². The predicted octanol–water partition coefficient (Wildman–Crippen LogP) is 12.6. The zero-order valence-corrected chi connectivity index (χ0v) is 25.7. The first-order chi connectivity index (χ1) is 36.6. The van der Waals surface area contributed by atoms with E-state index in [0.29, 0.717) is 0 Å². The molecule has 0 N–H and O–H groups in total. The van der Waals surface area contributed by atoms with Crippen LogP contribution in [-0.4, -0.2) is 13.7 Å². The summed E-state index contributed by atoms with van der Waals surface area (Å²) in [6.45, 7) is 0. The van der Waals surface area contributed by atoms with Crippen LogP contribution in [0.15, 0.2) is 187 Å². The van der Waals surface area contributed by atoms with Crippen LogP contribution in [0.2, 0.25) is 0 Å². The molecule has 11 aromatic rings. The Labute approximate surface area is 332 Å². The van der Waals surface area contributed by atoms with Crippen molar-refractivity contribution in [3.63, 3.8) is 0 Å². The Hall–Kier alpha value is -6.84. The summed E-state index contributed by atoms with van der Waals surface area (Å²) in [6.07, 6.45) is 0. The van der Waals surface area contributed by atoms with Crippen LogP contribution in [0.5, 0.6) is 0 Å². The molecular weight excluding hydrogens is 619 g/mol. The zero-order chi connectivity index (χ0) is 57.0. The average Bonchev–Trinajstić information content (AvgIpc) is 4.30. The van der Waals surface area contributed by atoms with Crippen LogP contribution in [0.1, 0.15) is 37.0 Å². The highest BCUT2D eigenvalue weighted by Gasteiger charge is 2.21. The number of hydrogen-bond acceptors (Lipinski definition) is 0. The molecule has 8 aromatic carbocycles. The minimum absolute atomic E-state index is 0.0126. The predicted molar refractivity (Wildman–Crippen MR) is 215 cm³/mol. The van der Waals surface area contributed by atoms with E-state index in [0.717, 1.165) is 13.7 Å². The van der Waals surface area contributed by atoms with Crippen LogP contribution < -0.4 is 0 Å². The van der Waals surface area contributed by atoms with E-state index in [-0.39, 0.29) is 22.3 Å². The molecular formula is C48H31N3. The lowest BCUT2D eigenvalue weighted by atomic mass is 10.1. The topological polar surface area (TPSA) is 14.8 Å². The molecule has 0 atom stereocenters. The standard InChI is InChI=1S/C48H31N3/c1-2-14-32(15-3-1)33-16-12-17-34(30-33)49-42-23-8-7-21-39(42)41-31-35(28-29-46(41)49)50-43-24-9-6-20-38(43)40-22-13-27-47(48(40)50)51-44-25-10-4-18-36(44)37-19-5-11-26-45(37)51/h1-31H/i1D,2D,3D,4D,5D,6D,7D,8D,9D,10D,11D,13D,14D,15D,18D,19D,20D,21D,22D,23D,24D,25D,26D,27D,28D,29D,31D. The summed E-state index contributed by atoms with van der Waals surface area (Å²) in [5, 5.41) is -3.02. The minimum atomic E-state index is -0.986. The molecule has 3 nitrogen and oxygen atoms in total. The molecule has 51 heavy (non-hydrogen) atoms. The minimum Gasteiger partial charge on any atom is -0.309 e. The summed E-state index contributed by atoms with van der Waals surface area (Å²) in [5.41, 5.74) is -5.13. The van der Waals surface area contributed by atoms with Crippen molar-refractivity contribution in [3.8, 4) is 28.2 Å². The van der Waals surface area contributed by atoms with Gasteiger partial charge in [-0.3, -0.25) is 0 Å². The summed E-state index contributed by atoms with van der Waals surface area (Å²) in [7, 11) is 0. The maximum Gasteiger partial charge on any atom is 0.0782 e. The SMILES string of the molecule is [2H]c1c([2H])c([2H])c(-c2cccc(-n3c4c([2H])c([2H])c([2H])c([2H])c4c4c([2H])c(-n5c6c([2H])c([2H])c([2H])c([2H])c6c6c([2H])c([2H])c([2H])c(-n7c8c([2H])c([2H])c([2H])c([2H])c8c8c([2H])c([2H])c([2H])c([2H])c87)c65)c([2H])c([2H])c43)c2)c([2H])c1[2H]. The van der Waals surface area contributed by atoms with Gasteiger partial charge in [-0.2, -0.15) is 0 Å². The lowest BCUT2D eigenvalue weighted by Gasteiger charge is -2.15. The molecule has 0 aliphatic heterocycles. The van der Waals surface area contributed by atoms with E-state index in [1.54, 1.807) is 0 Å². The molecule has 11 rings (SSSR count). The summed E-state index contributed by atoms with van der Waals surface area (Å²) >= 11 is 0. The molecule has 0 saturated heterocycles. The van der Waals surface area contributed by atoms with Crippen LogP contribution in [-0.2, 0) is 0 Å². The molecule has 0 amide bonds. The monoisotopic (exact) mass is 676 g/mol. The second-order valence-electron chi connectivity index (χ2n) is 11.3. The summed E-state index contributed by atoms with van der Waals surface area (Å²) < 4.78 is 247. The highest BCUT2D eigenvalue weighted by Crippen LogP contribution is 2.41. The van der Waals surface area contributed by atoms with E-state index < -0.39 is 234 Å². The van der Waals surface area contributed by atoms with E-state index >= 15 is 0 Å². The molecule has 0 fully saturated rings. The van der Waals surface area contributed by atoms with Gasteiger partial charge in [0.15, 0.2) is 0 Å². The van der Waals surface area contributed by atoms with Gasteiger partial charge in [-0.25, -0.2) is 0 Å². The molecule has 3 heterocycles. The van der Waals surface area contributed by atoms with E-state index in [2.05, 4.69) is 0 Å². The quantitative estimate of drug-likeness (QED) is 0.176. The molecule has 0 bridgehead atoms. The highest BCUT2D eigenvalue weighted by molar-refractivity contribution is 6.16. The molecule has 0 aliphatic carbocycles. The van der Waals surface area contributed by atoms with Crippen molar-refractivity contribution in [3.05, 3.63) is 187 Å². The van der Waals surface area contributed by atoms with E-state index in [9.17, 15) is 16.4 Å². The van der Waals surface area contributed by atoms with E-state index in [1.165, 1.54) is 24.3 Å². The average molecular weight is 677 g/mol. The first kappa shape index (κ1) is 12.5.